The molecule has 240 valence electrons. The van der Waals surface area contributed by atoms with Gasteiger partial charge in [-0.2, -0.15) is 0 Å². The third kappa shape index (κ3) is 4.36. The summed E-state index contributed by atoms with van der Waals surface area (Å²) in [5.41, 5.74) is 6.59. The van der Waals surface area contributed by atoms with Crippen molar-refractivity contribution in [2.45, 2.75) is 12.3 Å². The molecule has 0 saturated carbocycles. The van der Waals surface area contributed by atoms with E-state index in [0.717, 1.165) is 49.7 Å². The Labute approximate surface area is 309 Å². The Hall–Kier alpha value is -6.65. The molecule has 0 amide bonds. The maximum absolute atomic E-state index is 8.93. The zero-order valence-electron chi connectivity index (χ0n) is 36.3. The van der Waals surface area contributed by atoms with Crippen LogP contribution in [0.3, 0.4) is 0 Å². The van der Waals surface area contributed by atoms with Gasteiger partial charge in [-0.3, -0.25) is 0 Å². The van der Waals surface area contributed by atoms with Crippen LogP contribution >= 0.6 is 0 Å². The largest absolute Gasteiger partial charge is 0.309 e. The molecule has 0 radical (unpaired) electrons. The monoisotopic (exact) mass is 661 g/mol. The van der Waals surface area contributed by atoms with Gasteiger partial charge in [0.25, 0.3) is 0 Å². The first-order valence-electron chi connectivity index (χ1n) is 21.1. The number of hydrogen-bond donors (Lipinski definition) is 0. The zero-order valence-corrected chi connectivity index (χ0v) is 27.3. The van der Waals surface area contributed by atoms with Crippen LogP contribution in [0.5, 0.6) is 0 Å². The Bertz CT molecular complexity index is 3090. The fraction of sp³-hybridized carbons (Fsp3) is 0.0426. The summed E-state index contributed by atoms with van der Waals surface area (Å²) >= 11 is 0. The number of hydrogen-bond acceptors (Lipinski definition) is 3. The van der Waals surface area contributed by atoms with Crippen molar-refractivity contribution in [1.29, 1.82) is 0 Å². The van der Waals surface area contributed by atoms with E-state index in [9.17, 15) is 0 Å². The standard InChI is InChI=1S/C47H32N4/c1-31-16-11-12-23-36(31)46-49-44(32-17-5-2-6-18-32)48-45(50-46)33-28-29-42-40(30-33)47(34-19-7-3-8-20-34,35-21-9-4-10-22-35)39-26-15-25-38-37-24-13-14-27-41(37)51(42)43(38)39/h2-30H,1H3/i2D,5D,6D,11D,12D,16D,17D,18D,23D. The lowest BCUT2D eigenvalue weighted by Gasteiger charge is -2.42. The van der Waals surface area contributed by atoms with Crippen LogP contribution in [0.4, 0.5) is 0 Å². The number of benzene rings is 7. The van der Waals surface area contributed by atoms with Gasteiger partial charge in [-0.15, -0.1) is 0 Å². The number of rotatable bonds is 5. The molecule has 0 spiro atoms. The third-order valence-electron chi connectivity index (χ3n) is 9.87. The van der Waals surface area contributed by atoms with Gasteiger partial charge in [0.15, 0.2) is 17.5 Å². The molecule has 7 aromatic carbocycles. The van der Waals surface area contributed by atoms with E-state index in [1.165, 1.54) is 0 Å². The molecular weight excluding hydrogens is 621 g/mol. The lowest BCUT2D eigenvalue weighted by Crippen LogP contribution is -2.35. The number of aromatic nitrogens is 4. The predicted octanol–water partition coefficient (Wildman–Crippen LogP) is 11.0. The summed E-state index contributed by atoms with van der Waals surface area (Å²) < 4.78 is 79.5. The van der Waals surface area contributed by atoms with Crippen LogP contribution in [-0.4, -0.2) is 19.5 Å². The van der Waals surface area contributed by atoms with E-state index >= 15 is 0 Å². The third-order valence-corrected chi connectivity index (χ3v) is 9.87. The molecule has 51 heavy (non-hydrogen) atoms. The molecule has 1 aliphatic heterocycles. The Morgan fingerprint density at radius 3 is 1.92 bits per heavy atom. The van der Waals surface area contributed by atoms with E-state index < -0.39 is 47.7 Å². The summed E-state index contributed by atoms with van der Waals surface area (Å²) in [7, 11) is 0. The van der Waals surface area contributed by atoms with E-state index in [0.29, 0.717) is 5.56 Å². The molecule has 0 aliphatic carbocycles. The highest BCUT2D eigenvalue weighted by molar-refractivity contribution is 6.12. The molecule has 2 aromatic heterocycles. The van der Waals surface area contributed by atoms with Crippen LogP contribution in [0, 0.1) is 6.92 Å². The summed E-state index contributed by atoms with van der Waals surface area (Å²) in [6.07, 6.45) is 0. The maximum atomic E-state index is 8.93. The second kappa shape index (κ2) is 11.5. The zero-order chi connectivity index (χ0) is 41.8. The molecule has 4 heteroatoms. The molecule has 3 heterocycles. The van der Waals surface area contributed by atoms with Gasteiger partial charge in [-0.1, -0.05) is 151 Å². The Kier molecular flexibility index (Phi) is 4.82. The van der Waals surface area contributed by atoms with Crippen molar-refractivity contribution in [3.05, 3.63) is 204 Å². The molecule has 0 atom stereocenters. The molecule has 0 bridgehead atoms. The minimum atomic E-state index is -0.877. The van der Waals surface area contributed by atoms with Crippen LogP contribution in [0.2, 0.25) is 0 Å². The number of para-hydroxylation sites is 2. The van der Waals surface area contributed by atoms with Crippen molar-refractivity contribution >= 4 is 21.8 Å². The van der Waals surface area contributed by atoms with Crippen molar-refractivity contribution < 1.29 is 12.3 Å². The second-order valence-electron chi connectivity index (χ2n) is 12.6. The highest BCUT2D eigenvalue weighted by Crippen LogP contribution is 2.54. The molecule has 1 aliphatic rings. The van der Waals surface area contributed by atoms with Crippen LogP contribution in [0.25, 0.3) is 61.7 Å². The molecule has 9 aromatic rings. The van der Waals surface area contributed by atoms with Gasteiger partial charge in [0.1, 0.15) is 0 Å². The summed E-state index contributed by atoms with van der Waals surface area (Å²) in [6, 6.07) is 37.0. The van der Waals surface area contributed by atoms with Crippen LogP contribution in [0.15, 0.2) is 176 Å². The minimum Gasteiger partial charge on any atom is -0.309 e. The predicted molar refractivity (Wildman–Crippen MR) is 207 cm³/mol. The van der Waals surface area contributed by atoms with Crippen molar-refractivity contribution in [3.63, 3.8) is 0 Å². The molecule has 0 N–H and O–H groups in total. The van der Waals surface area contributed by atoms with Crippen molar-refractivity contribution in [3.8, 4) is 39.9 Å². The highest BCUT2D eigenvalue weighted by Gasteiger charge is 2.45. The van der Waals surface area contributed by atoms with Gasteiger partial charge in [-0.25, -0.2) is 15.0 Å². The Morgan fingerprint density at radius 2 is 1.16 bits per heavy atom. The Morgan fingerprint density at radius 1 is 0.529 bits per heavy atom. The molecule has 0 saturated heterocycles. The SMILES string of the molecule is [2H]c1c([2H])c([2H])c(-c2nc(-c3ccc4c(c3)C(c3ccccc3)(c3ccccc3)c3cccc5c6ccccc6n-4c35)nc(-c3c([2H])c([2H])c([2H])c([2H])c3C)n2)c([2H])c1[2H]. The summed E-state index contributed by atoms with van der Waals surface area (Å²) in [6.45, 7) is 1.55. The lowest BCUT2D eigenvalue weighted by molar-refractivity contribution is 0.728. The van der Waals surface area contributed by atoms with Gasteiger partial charge in [0.05, 0.1) is 34.5 Å². The number of nitrogens with zero attached hydrogens (tertiary/aromatic N) is 4. The average molecular weight is 662 g/mol. The van der Waals surface area contributed by atoms with Gasteiger partial charge in [-0.05, 0) is 59.0 Å². The topological polar surface area (TPSA) is 43.6 Å². The summed E-state index contributed by atoms with van der Waals surface area (Å²) in [5.74, 6) is -0.296. The summed E-state index contributed by atoms with van der Waals surface area (Å²) in [5, 5.41) is 2.22. The smallest absolute Gasteiger partial charge is 0.164 e. The fourth-order valence-corrected chi connectivity index (χ4v) is 7.74. The van der Waals surface area contributed by atoms with Crippen LogP contribution in [-0.2, 0) is 5.41 Å². The van der Waals surface area contributed by atoms with Crippen molar-refractivity contribution in [1.82, 2.24) is 19.5 Å². The fourth-order valence-electron chi connectivity index (χ4n) is 7.74. The first-order chi connectivity index (χ1) is 28.9. The Balaban J connectivity index is 1.35. The van der Waals surface area contributed by atoms with E-state index in [2.05, 4.69) is 64.1 Å². The van der Waals surface area contributed by atoms with E-state index in [1.807, 2.05) is 66.7 Å². The average Bonchev–Trinajstić information content (AvgIpc) is 3.62. The quantitative estimate of drug-likeness (QED) is 0.184. The van der Waals surface area contributed by atoms with Crippen molar-refractivity contribution in [2.75, 3.05) is 0 Å². The van der Waals surface area contributed by atoms with E-state index in [4.69, 9.17) is 22.3 Å². The van der Waals surface area contributed by atoms with E-state index in [1.54, 1.807) is 6.92 Å². The highest BCUT2D eigenvalue weighted by atomic mass is 15.0. The van der Waals surface area contributed by atoms with Crippen LogP contribution in [0.1, 0.15) is 40.2 Å². The normalized spacial score (nSPS) is 15.4. The number of fused-ring (bicyclic) bond motifs is 5. The van der Waals surface area contributed by atoms with Gasteiger partial charge >= 0.3 is 0 Å². The first-order valence-corrected chi connectivity index (χ1v) is 16.6. The first kappa shape index (κ1) is 21.4. The van der Waals surface area contributed by atoms with Crippen molar-refractivity contribution in [2.24, 2.45) is 0 Å². The minimum absolute atomic E-state index is 0.00859. The molecule has 0 unspecified atom stereocenters. The van der Waals surface area contributed by atoms with Gasteiger partial charge in [0, 0.05) is 27.5 Å². The summed E-state index contributed by atoms with van der Waals surface area (Å²) in [4.78, 5) is 14.3. The molecule has 10 rings (SSSR count). The van der Waals surface area contributed by atoms with Gasteiger partial charge in [0.2, 0.25) is 0 Å². The molecular formula is C47H32N4. The molecule has 0 fully saturated rings. The lowest BCUT2D eigenvalue weighted by atomic mass is 9.63. The van der Waals surface area contributed by atoms with Crippen LogP contribution < -0.4 is 0 Å². The maximum Gasteiger partial charge on any atom is 0.164 e. The van der Waals surface area contributed by atoms with E-state index in [-0.39, 0.29) is 46.2 Å². The second-order valence-corrected chi connectivity index (χ2v) is 12.6. The molecule has 4 nitrogen and oxygen atoms in total. The van der Waals surface area contributed by atoms with Gasteiger partial charge < -0.3 is 4.57 Å².